The lowest BCUT2D eigenvalue weighted by atomic mass is 9.98. The Morgan fingerprint density at radius 3 is 2.46 bits per heavy atom. The molecule has 4 rings (SSSR count). The molecule has 2 heterocycles. The summed E-state index contributed by atoms with van der Waals surface area (Å²) in [7, 11) is 1.44. The third-order valence-electron chi connectivity index (χ3n) is 5.29. The molecule has 2 aromatic carbocycles. The number of anilines is 1. The van der Waals surface area contributed by atoms with Crippen LogP contribution >= 0.6 is 11.3 Å². The van der Waals surface area contributed by atoms with E-state index in [2.05, 4.69) is 5.43 Å². The summed E-state index contributed by atoms with van der Waals surface area (Å²) < 4.78 is 15.7. The second-order valence-electron chi connectivity index (χ2n) is 7.53. The highest BCUT2D eigenvalue weighted by molar-refractivity contribution is 7.12. The number of nitrogens with zero attached hydrogens (tertiary/aromatic N) is 1. The third kappa shape index (κ3) is 5.17. The number of hydrazine groups is 1. The highest BCUT2D eigenvalue weighted by Crippen LogP contribution is 2.31. The van der Waals surface area contributed by atoms with Gasteiger partial charge in [-0.05, 0) is 66.8 Å². The fraction of sp³-hybridized carbons (Fsp3) is 0.200. The predicted octanol–water partition coefficient (Wildman–Crippen LogP) is 3.39. The molecule has 1 unspecified atom stereocenters. The SMILES string of the molecule is CCOC(=O)c1ccc(N2NC(=O)C(Cc3ccc(OC(=O)c4cccs4)c(OC)c3)C2=O)cc1. The van der Waals surface area contributed by atoms with Crippen molar-refractivity contribution >= 4 is 40.8 Å². The van der Waals surface area contributed by atoms with Gasteiger partial charge in [-0.3, -0.25) is 15.0 Å². The minimum atomic E-state index is -0.955. The van der Waals surface area contributed by atoms with Crippen molar-refractivity contribution in [3.63, 3.8) is 0 Å². The Morgan fingerprint density at radius 2 is 1.80 bits per heavy atom. The van der Waals surface area contributed by atoms with Gasteiger partial charge >= 0.3 is 11.9 Å². The number of methoxy groups -OCH3 is 1. The Morgan fingerprint density at radius 1 is 1.03 bits per heavy atom. The number of amides is 2. The quantitative estimate of drug-likeness (QED) is 0.290. The normalized spacial score (nSPS) is 15.0. The van der Waals surface area contributed by atoms with E-state index in [1.165, 1.54) is 30.6 Å². The average molecular weight is 495 g/mol. The molecular weight excluding hydrogens is 472 g/mol. The van der Waals surface area contributed by atoms with E-state index in [-0.39, 0.29) is 18.8 Å². The number of ether oxygens (including phenoxy) is 3. The van der Waals surface area contributed by atoms with Gasteiger partial charge in [0.25, 0.3) is 11.8 Å². The maximum Gasteiger partial charge on any atom is 0.353 e. The zero-order chi connectivity index (χ0) is 24.9. The van der Waals surface area contributed by atoms with Crippen molar-refractivity contribution in [3.05, 3.63) is 76.0 Å². The van der Waals surface area contributed by atoms with Gasteiger partial charge in [-0.1, -0.05) is 12.1 Å². The van der Waals surface area contributed by atoms with Crippen molar-refractivity contribution in [2.24, 2.45) is 5.92 Å². The van der Waals surface area contributed by atoms with E-state index in [1.807, 2.05) is 0 Å². The number of carbonyl (C=O) groups excluding carboxylic acids is 4. The van der Waals surface area contributed by atoms with E-state index < -0.39 is 29.7 Å². The predicted molar refractivity (Wildman–Crippen MR) is 127 cm³/mol. The van der Waals surface area contributed by atoms with Crippen LogP contribution in [0.5, 0.6) is 11.5 Å². The Balaban J connectivity index is 1.46. The first-order chi connectivity index (χ1) is 16.9. The van der Waals surface area contributed by atoms with Gasteiger partial charge in [-0.15, -0.1) is 11.3 Å². The lowest BCUT2D eigenvalue weighted by molar-refractivity contribution is -0.127. The second kappa shape index (κ2) is 10.4. The van der Waals surface area contributed by atoms with Crippen molar-refractivity contribution in [1.82, 2.24) is 5.43 Å². The molecule has 0 spiro atoms. The summed E-state index contributed by atoms with van der Waals surface area (Å²) in [5.74, 6) is -2.25. The van der Waals surface area contributed by atoms with E-state index in [0.29, 0.717) is 27.4 Å². The zero-order valence-electron chi connectivity index (χ0n) is 19.0. The average Bonchev–Trinajstić information content (AvgIpc) is 3.50. The number of hydrogen-bond acceptors (Lipinski definition) is 8. The maximum atomic E-state index is 13.0. The molecule has 1 aliphatic rings. The molecule has 35 heavy (non-hydrogen) atoms. The first kappa shape index (κ1) is 24.0. The van der Waals surface area contributed by atoms with Gasteiger partial charge in [0.1, 0.15) is 10.8 Å². The number of hydrogen-bond donors (Lipinski definition) is 1. The number of carbonyl (C=O) groups is 4. The molecule has 0 radical (unpaired) electrons. The molecular formula is C25H22N2O7S. The van der Waals surface area contributed by atoms with Crippen molar-refractivity contribution in [3.8, 4) is 11.5 Å². The summed E-state index contributed by atoms with van der Waals surface area (Å²) in [5.41, 5.74) is 4.00. The number of esters is 2. The molecule has 10 heteroatoms. The Labute approximate surface area is 205 Å². The summed E-state index contributed by atoms with van der Waals surface area (Å²) in [6.07, 6.45) is 0.123. The van der Waals surface area contributed by atoms with Crippen LogP contribution in [0.1, 0.15) is 32.5 Å². The molecule has 9 nitrogen and oxygen atoms in total. The van der Waals surface area contributed by atoms with Crippen LogP contribution < -0.4 is 19.9 Å². The smallest absolute Gasteiger partial charge is 0.353 e. The zero-order valence-corrected chi connectivity index (χ0v) is 19.8. The van der Waals surface area contributed by atoms with Crippen LogP contribution in [0.4, 0.5) is 5.69 Å². The minimum Gasteiger partial charge on any atom is -0.493 e. The van der Waals surface area contributed by atoms with E-state index in [0.717, 1.165) is 5.01 Å². The van der Waals surface area contributed by atoms with Crippen molar-refractivity contribution in [1.29, 1.82) is 0 Å². The van der Waals surface area contributed by atoms with E-state index in [4.69, 9.17) is 14.2 Å². The van der Waals surface area contributed by atoms with Crippen LogP contribution in [0.2, 0.25) is 0 Å². The van der Waals surface area contributed by atoms with Crippen LogP contribution in [-0.2, 0) is 20.7 Å². The van der Waals surface area contributed by atoms with Crippen LogP contribution in [0.15, 0.2) is 60.0 Å². The van der Waals surface area contributed by atoms with Crippen LogP contribution in [0.3, 0.4) is 0 Å². The van der Waals surface area contributed by atoms with Crippen LogP contribution in [0.25, 0.3) is 0 Å². The van der Waals surface area contributed by atoms with E-state index >= 15 is 0 Å². The molecule has 0 saturated carbocycles. The molecule has 1 saturated heterocycles. The first-order valence-electron chi connectivity index (χ1n) is 10.8. The lowest BCUT2D eigenvalue weighted by Crippen LogP contribution is -2.35. The van der Waals surface area contributed by atoms with Gasteiger partial charge in [0, 0.05) is 0 Å². The summed E-state index contributed by atoms with van der Waals surface area (Å²) >= 11 is 1.27. The Bertz CT molecular complexity index is 1260. The summed E-state index contributed by atoms with van der Waals surface area (Å²) in [5, 5.41) is 2.94. The number of thiophene rings is 1. The van der Waals surface area contributed by atoms with Gasteiger partial charge in [0.2, 0.25) is 0 Å². The molecule has 0 bridgehead atoms. The van der Waals surface area contributed by atoms with Crippen LogP contribution in [0, 0.1) is 5.92 Å². The Hall–Kier alpha value is -4.18. The summed E-state index contributed by atoms with van der Waals surface area (Å²) in [4.78, 5) is 50.1. The first-order valence-corrected chi connectivity index (χ1v) is 11.6. The molecule has 2 amide bonds. The minimum absolute atomic E-state index is 0.123. The molecule has 1 fully saturated rings. The number of benzene rings is 2. The van der Waals surface area contributed by atoms with Crippen molar-refractivity contribution in [2.75, 3.05) is 18.7 Å². The number of nitrogens with one attached hydrogen (secondary N) is 1. The van der Waals surface area contributed by atoms with Crippen molar-refractivity contribution < 1.29 is 33.4 Å². The van der Waals surface area contributed by atoms with Gasteiger partial charge in [0.05, 0.1) is 25.0 Å². The molecule has 3 aromatic rings. The van der Waals surface area contributed by atoms with Gasteiger partial charge < -0.3 is 14.2 Å². The standard InChI is InChI=1S/C25H22N2O7S/c1-3-33-24(30)16-7-9-17(10-8-16)27-23(29)18(22(28)26-27)13-15-6-11-19(20(14-15)32-2)34-25(31)21-5-4-12-35-21/h4-12,14,18H,3,13H2,1-2H3,(H,26,28). The maximum absolute atomic E-state index is 13.0. The fourth-order valence-corrected chi connectivity index (χ4v) is 4.15. The summed E-state index contributed by atoms with van der Waals surface area (Å²) in [6, 6.07) is 14.5. The molecule has 1 atom stereocenters. The molecule has 1 aliphatic heterocycles. The van der Waals surface area contributed by atoms with E-state index in [1.54, 1.807) is 54.8 Å². The highest BCUT2D eigenvalue weighted by Gasteiger charge is 2.40. The van der Waals surface area contributed by atoms with Gasteiger partial charge in [-0.25, -0.2) is 14.6 Å². The third-order valence-corrected chi connectivity index (χ3v) is 6.14. The van der Waals surface area contributed by atoms with Crippen molar-refractivity contribution in [2.45, 2.75) is 13.3 Å². The topological polar surface area (TPSA) is 111 Å². The van der Waals surface area contributed by atoms with Gasteiger partial charge in [0.15, 0.2) is 11.5 Å². The monoisotopic (exact) mass is 494 g/mol. The van der Waals surface area contributed by atoms with Crippen LogP contribution in [-0.4, -0.2) is 37.5 Å². The fourth-order valence-electron chi connectivity index (χ4n) is 3.55. The molecule has 180 valence electrons. The number of rotatable bonds is 8. The molecule has 0 aliphatic carbocycles. The molecule has 1 aromatic heterocycles. The highest BCUT2D eigenvalue weighted by atomic mass is 32.1. The Kier molecular flexibility index (Phi) is 7.11. The second-order valence-corrected chi connectivity index (χ2v) is 8.47. The summed E-state index contributed by atoms with van der Waals surface area (Å²) in [6.45, 7) is 1.97. The van der Waals surface area contributed by atoms with Gasteiger partial charge in [-0.2, -0.15) is 0 Å². The lowest BCUT2D eigenvalue weighted by Gasteiger charge is -2.16. The van der Waals surface area contributed by atoms with E-state index in [9.17, 15) is 19.2 Å². The molecule has 1 N–H and O–H groups in total. The largest absolute Gasteiger partial charge is 0.493 e.